The fourth-order valence-corrected chi connectivity index (χ4v) is 7.28. The number of aryl methyl sites for hydroxylation is 2. The van der Waals surface area contributed by atoms with Gasteiger partial charge in [0, 0.05) is 24.3 Å². The second kappa shape index (κ2) is 14.2. The van der Waals surface area contributed by atoms with Crippen LogP contribution in [0.5, 0.6) is 5.75 Å². The van der Waals surface area contributed by atoms with Gasteiger partial charge >= 0.3 is 0 Å². The Hall–Kier alpha value is -6.26. The highest BCUT2D eigenvalue weighted by molar-refractivity contribution is 5.98. The Balaban J connectivity index is 1.41. The van der Waals surface area contributed by atoms with Gasteiger partial charge in [-0.15, -0.1) is 0 Å². The zero-order valence-corrected chi connectivity index (χ0v) is 32.3. The van der Waals surface area contributed by atoms with Crippen molar-refractivity contribution in [2.45, 2.75) is 59.8 Å². The smallest absolute Gasteiger partial charge is 0.149 e. The van der Waals surface area contributed by atoms with Gasteiger partial charge in [-0.1, -0.05) is 125 Å². The average Bonchev–Trinajstić information content (AvgIpc) is 3.62. The van der Waals surface area contributed by atoms with Crippen molar-refractivity contribution < 1.29 is 13.3 Å². The Labute approximate surface area is 333 Å². The first-order valence-corrected chi connectivity index (χ1v) is 18.6. The Bertz CT molecular complexity index is 3000. The molecule has 0 unspecified atom stereocenters. The molecule has 8 rings (SSSR count). The molecule has 0 amide bonds. The molecule has 0 bridgehead atoms. The summed E-state index contributed by atoms with van der Waals surface area (Å²) in [5.41, 5.74) is 12.0. The maximum atomic E-state index is 11.7. The Morgan fingerprint density at radius 3 is 2.20 bits per heavy atom. The largest absolute Gasteiger partial charge is 0.507 e. The lowest BCUT2D eigenvalue weighted by Crippen LogP contribution is -2.11. The third-order valence-electron chi connectivity index (χ3n) is 10.2. The molecule has 2 heterocycles. The summed E-state index contributed by atoms with van der Waals surface area (Å²) in [6.07, 6.45) is 1.61. The minimum absolute atomic E-state index is 0.119. The number of aromatic hydroxyl groups is 1. The van der Waals surface area contributed by atoms with Crippen molar-refractivity contribution in [3.63, 3.8) is 0 Å². The van der Waals surface area contributed by atoms with Gasteiger partial charge in [-0.25, -0.2) is 4.98 Å². The van der Waals surface area contributed by atoms with Crippen LogP contribution >= 0.6 is 0 Å². The first-order valence-electron chi connectivity index (χ1n) is 21.6. The first kappa shape index (κ1) is 29.1. The van der Waals surface area contributed by atoms with E-state index in [9.17, 15) is 5.11 Å². The average molecular weight is 724 g/mol. The number of phenolic OH excluding ortho intramolecular Hbond substituents is 1. The predicted octanol–water partition coefficient (Wildman–Crippen LogP) is 13.5. The molecule has 0 aliphatic carbocycles. The van der Waals surface area contributed by atoms with Crippen LogP contribution < -0.4 is 0 Å². The van der Waals surface area contributed by atoms with Crippen LogP contribution in [-0.4, -0.2) is 19.6 Å². The van der Waals surface area contributed by atoms with Crippen molar-refractivity contribution in [2.75, 3.05) is 0 Å². The maximum absolute atomic E-state index is 11.7. The van der Waals surface area contributed by atoms with E-state index in [0.29, 0.717) is 22.6 Å². The number of hydrogen-bond donors (Lipinski definition) is 1. The van der Waals surface area contributed by atoms with Crippen LogP contribution in [0.4, 0.5) is 0 Å². The van der Waals surface area contributed by atoms with Crippen molar-refractivity contribution in [1.82, 2.24) is 14.5 Å². The van der Waals surface area contributed by atoms with Crippen molar-refractivity contribution >= 4 is 11.0 Å². The van der Waals surface area contributed by atoms with Crippen molar-refractivity contribution in [3.05, 3.63) is 168 Å². The number of nitrogens with zero attached hydrogens (tertiary/aromatic N) is 3. The third-order valence-corrected chi connectivity index (χ3v) is 10.2. The first-order chi connectivity index (χ1) is 28.8. The summed E-state index contributed by atoms with van der Waals surface area (Å²) in [6, 6.07) is 34.3. The molecule has 0 spiro atoms. The highest BCUT2D eigenvalue weighted by Gasteiger charge is 2.24. The second-order valence-electron chi connectivity index (χ2n) is 15.5. The van der Waals surface area contributed by atoms with Gasteiger partial charge in [0.2, 0.25) is 0 Å². The lowest BCUT2D eigenvalue weighted by atomic mass is 9.83. The quantitative estimate of drug-likeness (QED) is 0.178. The zero-order chi connectivity index (χ0) is 43.7. The summed E-state index contributed by atoms with van der Waals surface area (Å²) in [4.78, 5) is 10.2. The van der Waals surface area contributed by atoms with Crippen LogP contribution in [0.2, 0.25) is 0 Å². The lowest BCUT2D eigenvalue weighted by molar-refractivity contribution is 0.472. The van der Waals surface area contributed by atoms with Crippen molar-refractivity contribution in [1.29, 1.82) is 0 Å². The zero-order valence-electron chi connectivity index (χ0n) is 38.3. The van der Waals surface area contributed by atoms with Crippen LogP contribution in [0.1, 0.15) is 71.0 Å². The molecule has 2 aromatic heterocycles. The number of aromatic nitrogens is 3. The molecule has 272 valence electrons. The van der Waals surface area contributed by atoms with Gasteiger partial charge < -0.3 is 5.11 Å². The number of fused-ring (bicyclic) bond motifs is 1. The van der Waals surface area contributed by atoms with E-state index in [-0.39, 0.29) is 40.9 Å². The number of phenols is 1. The van der Waals surface area contributed by atoms with E-state index in [1.54, 1.807) is 18.3 Å². The van der Waals surface area contributed by atoms with E-state index in [1.165, 1.54) is 0 Å². The van der Waals surface area contributed by atoms with Crippen LogP contribution in [0.3, 0.4) is 0 Å². The van der Waals surface area contributed by atoms with Gasteiger partial charge in [0.05, 0.1) is 34.8 Å². The number of imidazole rings is 1. The molecular weight excluding hydrogens is 671 g/mol. The van der Waals surface area contributed by atoms with E-state index >= 15 is 0 Å². The van der Waals surface area contributed by atoms with Gasteiger partial charge in [-0.2, -0.15) is 0 Å². The molecule has 0 aliphatic heterocycles. The molecule has 6 aromatic carbocycles. The number of para-hydroxylation sites is 1. The standard InChI is InChI=1S/C51H47N3O/c1-32(2)37-21-22-46(43(30-37)36-17-12-9-13-18-36)54-47-20-14-19-42(48(47)53-50(54)44-26-33(3)25-34(4)49(44)55)39-27-40(29-41(28-39)51(5,6)7)45-31-38(23-24-52-45)35-15-10-8-11-16-35/h8-32,55H,1-7H3/i8D,10D,11D,15D,16D,32D. The fraction of sp³-hybridized carbons (Fsp3) is 0.176. The maximum Gasteiger partial charge on any atom is 0.149 e. The minimum atomic E-state index is -0.847. The van der Waals surface area contributed by atoms with Crippen LogP contribution in [0.15, 0.2) is 146 Å². The van der Waals surface area contributed by atoms with E-state index in [4.69, 9.17) is 18.2 Å². The molecule has 0 saturated heterocycles. The van der Waals surface area contributed by atoms with Crippen LogP contribution in [0, 0.1) is 13.8 Å². The van der Waals surface area contributed by atoms with Gasteiger partial charge in [0.25, 0.3) is 0 Å². The van der Waals surface area contributed by atoms with Gasteiger partial charge in [-0.05, 0) is 118 Å². The number of hydrogen-bond acceptors (Lipinski definition) is 3. The monoisotopic (exact) mass is 723 g/mol. The van der Waals surface area contributed by atoms with E-state index in [2.05, 4.69) is 73.9 Å². The molecule has 4 nitrogen and oxygen atoms in total. The molecule has 8 aromatic rings. The van der Waals surface area contributed by atoms with Crippen LogP contribution in [-0.2, 0) is 5.41 Å². The summed E-state index contributed by atoms with van der Waals surface area (Å²) in [7, 11) is 0. The van der Waals surface area contributed by atoms with Gasteiger partial charge in [0.15, 0.2) is 0 Å². The van der Waals surface area contributed by atoms with Gasteiger partial charge in [-0.3, -0.25) is 9.55 Å². The summed E-state index contributed by atoms with van der Waals surface area (Å²) in [5.74, 6) is -0.127. The number of benzene rings is 6. The Morgan fingerprint density at radius 2 is 1.45 bits per heavy atom. The molecule has 0 radical (unpaired) electrons. The lowest BCUT2D eigenvalue weighted by Gasteiger charge is -2.22. The fourth-order valence-electron chi connectivity index (χ4n) is 7.28. The van der Waals surface area contributed by atoms with Crippen molar-refractivity contribution in [2.24, 2.45) is 0 Å². The third kappa shape index (κ3) is 6.85. The topological polar surface area (TPSA) is 50.9 Å². The van der Waals surface area contributed by atoms with E-state index < -0.39 is 11.9 Å². The summed E-state index contributed by atoms with van der Waals surface area (Å²) < 4.78 is 53.0. The van der Waals surface area contributed by atoms with Crippen molar-refractivity contribution in [3.8, 4) is 67.5 Å². The molecule has 0 atom stereocenters. The predicted molar refractivity (Wildman–Crippen MR) is 230 cm³/mol. The molecule has 4 heteroatoms. The second-order valence-corrected chi connectivity index (χ2v) is 15.5. The van der Waals surface area contributed by atoms with Crippen LogP contribution in [0.25, 0.3) is 72.7 Å². The Morgan fingerprint density at radius 1 is 0.691 bits per heavy atom. The summed E-state index contributed by atoms with van der Waals surface area (Å²) >= 11 is 0. The van der Waals surface area contributed by atoms with E-state index in [0.717, 1.165) is 66.8 Å². The summed E-state index contributed by atoms with van der Waals surface area (Å²) in [6.45, 7) is 14.1. The normalized spacial score (nSPS) is 13.5. The molecule has 55 heavy (non-hydrogen) atoms. The highest BCUT2D eigenvalue weighted by atomic mass is 16.3. The number of rotatable bonds is 7. The minimum Gasteiger partial charge on any atom is -0.507 e. The molecule has 0 saturated carbocycles. The Kier molecular flexibility index (Phi) is 7.52. The molecule has 1 N–H and O–H groups in total. The van der Waals surface area contributed by atoms with E-state index in [1.807, 2.05) is 76.2 Å². The molecular formula is C51H47N3O. The summed E-state index contributed by atoms with van der Waals surface area (Å²) in [5, 5.41) is 11.7. The molecule has 0 aliphatic rings. The van der Waals surface area contributed by atoms with Gasteiger partial charge in [0.1, 0.15) is 11.6 Å². The highest BCUT2D eigenvalue weighted by Crippen LogP contribution is 2.43. The molecule has 0 fully saturated rings. The number of pyridine rings is 1. The SMILES string of the molecule is [2H]c1c([2H])c([2H])c(-c2ccnc(-c3cc(-c4cccc5c4nc(-c4cc(C)cc(C)c4O)n5-c4ccc(C([2H])(C)C)cc4-c4ccccc4)cc(C(C)(C)C)c3)c2)c([2H])c1[2H].